The summed E-state index contributed by atoms with van der Waals surface area (Å²) in [5, 5.41) is 7.69. The number of carboxylic acids is 1. The van der Waals surface area contributed by atoms with E-state index in [0.717, 1.165) is 0 Å². The SMILES string of the molecule is CC(C(=O)c1ccccc1)S(=O)CC(=O)O. The van der Waals surface area contributed by atoms with Gasteiger partial charge in [0.2, 0.25) is 0 Å². The van der Waals surface area contributed by atoms with Gasteiger partial charge in [0.05, 0.1) is 5.25 Å². The van der Waals surface area contributed by atoms with Crippen molar-refractivity contribution in [3.05, 3.63) is 35.9 Å². The third-order valence-corrected chi connectivity index (χ3v) is 3.62. The number of hydrogen-bond donors (Lipinski definition) is 1. The van der Waals surface area contributed by atoms with Crippen LogP contribution in [0.25, 0.3) is 0 Å². The Morgan fingerprint density at radius 2 is 1.88 bits per heavy atom. The van der Waals surface area contributed by atoms with Gasteiger partial charge in [0, 0.05) is 16.4 Å². The van der Waals surface area contributed by atoms with E-state index in [9.17, 15) is 13.8 Å². The van der Waals surface area contributed by atoms with Crippen LogP contribution in [0.15, 0.2) is 30.3 Å². The molecule has 0 fully saturated rings. The molecule has 0 radical (unpaired) electrons. The topological polar surface area (TPSA) is 71.4 Å². The number of carbonyl (C=O) groups is 2. The first-order valence-corrected chi connectivity index (χ1v) is 6.09. The van der Waals surface area contributed by atoms with Crippen LogP contribution in [0.3, 0.4) is 0 Å². The monoisotopic (exact) mass is 240 g/mol. The number of Topliss-reactive ketones (excluding diaryl/α,β-unsaturated/α-hetero) is 1. The van der Waals surface area contributed by atoms with E-state index in [1.54, 1.807) is 30.3 Å². The van der Waals surface area contributed by atoms with Crippen LogP contribution in [0.2, 0.25) is 0 Å². The molecule has 0 aliphatic carbocycles. The van der Waals surface area contributed by atoms with Gasteiger partial charge in [-0.25, -0.2) is 0 Å². The standard InChI is InChI=1S/C11H12O4S/c1-8(16(15)7-10(12)13)11(14)9-5-3-2-4-6-9/h2-6,8H,7H2,1H3,(H,12,13). The van der Waals surface area contributed by atoms with Gasteiger partial charge in [-0.15, -0.1) is 0 Å². The highest BCUT2D eigenvalue weighted by Crippen LogP contribution is 2.08. The van der Waals surface area contributed by atoms with E-state index in [2.05, 4.69) is 0 Å². The molecular weight excluding hydrogens is 228 g/mol. The molecule has 0 saturated heterocycles. The maximum absolute atomic E-state index is 11.8. The maximum atomic E-state index is 11.8. The van der Waals surface area contributed by atoms with Crippen LogP contribution in [-0.4, -0.2) is 32.1 Å². The zero-order valence-electron chi connectivity index (χ0n) is 8.75. The molecule has 0 aliphatic heterocycles. The lowest BCUT2D eigenvalue weighted by atomic mass is 10.1. The van der Waals surface area contributed by atoms with Crippen molar-refractivity contribution in [1.29, 1.82) is 0 Å². The normalized spacial score (nSPS) is 14.1. The molecule has 0 aliphatic rings. The summed E-state index contributed by atoms with van der Waals surface area (Å²) >= 11 is 0. The molecule has 5 heteroatoms. The van der Waals surface area contributed by atoms with Crippen LogP contribution in [0.5, 0.6) is 0 Å². The number of ketones is 1. The minimum Gasteiger partial charge on any atom is -0.481 e. The Morgan fingerprint density at radius 3 is 2.38 bits per heavy atom. The Kier molecular flexibility index (Phi) is 4.37. The second kappa shape index (κ2) is 5.55. The smallest absolute Gasteiger partial charge is 0.316 e. The third kappa shape index (κ3) is 3.27. The Hall–Kier alpha value is -1.49. The lowest BCUT2D eigenvalue weighted by Gasteiger charge is -2.08. The Morgan fingerprint density at radius 1 is 1.31 bits per heavy atom. The van der Waals surface area contributed by atoms with Gasteiger partial charge in [0.1, 0.15) is 5.75 Å². The van der Waals surface area contributed by atoms with Gasteiger partial charge >= 0.3 is 5.97 Å². The van der Waals surface area contributed by atoms with Crippen LogP contribution >= 0.6 is 0 Å². The van der Waals surface area contributed by atoms with Gasteiger partial charge in [0.25, 0.3) is 0 Å². The number of hydrogen-bond acceptors (Lipinski definition) is 3. The molecule has 4 nitrogen and oxygen atoms in total. The van der Waals surface area contributed by atoms with Gasteiger partial charge in [-0.3, -0.25) is 13.8 Å². The van der Waals surface area contributed by atoms with E-state index in [-0.39, 0.29) is 5.78 Å². The quantitative estimate of drug-likeness (QED) is 0.782. The van der Waals surface area contributed by atoms with Crippen molar-refractivity contribution in [1.82, 2.24) is 0 Å². The van der Waals surface area contributed by atoms with Crippen molar-refractivity contribution in [2.24, 2.45) is 0 Å². The van der Waals surface area contributed by atoms with E-state index in [4.69, 9.17) is 5.11 Å². The van der Waals surface area contributed by atoms with Gasteiger partial charge in [-0.05, 0) is 6.92 Å². The molecular formula is C11H12O4S. The molecule has 2 unspecified atom stereocenters. The van der Waals surface area contributed by atoms with Crippen LogP contribution in [0, 0.1) is 0 Å². The highest BCUT2D eigenvalue weighted by Gasteiger charge is 2.22. The van der Waals surface area contributed by atoms with Crippen molar-refractivity contribution < 1.29 is 18.9 Å². The summed E-state index contributed by atoms with van der Waals surface area (Å²) in [6.45, 7) is 1.48. The second-order valence-corrected chi connectivity index (χ2v) is 5.05. The average Bonchev–Trinajstić information content (AvgIpc) is 2.27. The zero-order chi connectivity index (χ0) is 12.1. The van der Waals surface area contributed by atoms with Crippen molar-refractivity contribution in [3.8, 4) is 0 Å². The van der Waals surface area contributed by atoms with Crippen LogP contribution in [-0.2, 0) is 15.6 Å². The number of aliphatic carboxylic acids is 1. The molecule has 1 N–H and O–H groups in total. The molecule has 1 rings (SSSR count). The minimum absolute atomic E-state index is 0.291. The average molecular weight is 240 g/mol. The van der Waals surface area contributed by atoms with Crippen LogP contribution in [0.4, 0.5) is 0 Å². The van der Waals surface area contributed by atoms with E-state index >= 15 is 0 Å². The first kappa shape index (κ1) is 12.6. The zero-order valence-corrected chi connectivity index (χ0v) is 9.57. The molecule has 0 amide bonds. The first-order valence-electron chi connectivity index (χ1n) is 4.70. The summed E-state index contributed by atoms with van der Waals surface area (Å²) in [5.41, 5.74) is 0.453. The Labute approximate surface area is 95.7 Å². The van der Waals surface area contributed by atoms with Crippen LogP contribution in [0.1, 0.15) is 17.3 Å². The van der Waals surface area contributed by atoms with Crippen molar-refractivity contribution in [3.63, 3.8) is 0 Å². The summed E-state index contributed by atoms with van der Waals surface area (Å²) in [7, 11) is -1.67. The van der Waals surface area contributed by atoms with Crippen molar-refractivity contribution in [2.45, 2.75) is 12.2 Å². The van der Waals surface area contributed by atoms with Gasteiger partial charge in [0.15, 0.2) is 5.78 Å². The number of benzene rings is 1. The predicted molar refractivity (Wildman–Crippen MR) is 60.9 cm³/mol. The fraction of sp³-hybridized carbons (Fsp3) is 0.273. The molecule has 0 saturated carbocycles. The summed E-state index contributed by atoms with van der Waals surface area (Å²) in [5.74, 6) is -1.95. The van der Waals surface area contributed by atoms with Crippen molar-refractivity contribution in [2.75, 3.05) is 5.75 Å². The van der Waals surface area contributed by atoms with Gasteiger partial charge in [-0.2, -0.15) is 0 Å². The van der Waals surface area contributed by atoms with E-state index < -0.39 is 27.8 Å². The fourth-order valence-electron chi connectivity index (χ4n) is 1.20. The second-order valence-electron chi connectivity index (χ2n) is 3.29. The number of carboxylic acid groups (broad SMARTS) is 1. The van der Waals surface area contributed by atoms with E-state index in [1.807, 2.05) is 0 Å². The fourth-order valence-corrected chi connectivity index (χ4v) is 2.07. The van der Waals surface area contributed by atoms with Crippen LogP contribution < -0.4 is 0 Å². The highest BCUT2D eigenvalue weighted by molar-refractivity contribution is 7.87. The molecule has 1 aromatic rings. The summed E-state index contributed by atoms with van der Waals surface area (Å²) in [4.78, 5) is 22.2. The molecule has 16 heavy (non-hydrogen) atoms. The van der Waals surface area contributed by atoms with E-state index in [0.29, 0.717) is 5.56 Å². The highest BCUT2D eigenvalue weighted by atomic mass is 32.2. The first-order chi connectivity index (χ1) is 7.52. The van der Waals surface area contributed by atoms with Crippen molar-refractivity contribution >= 4 is 22.6 Å². The summed E-state index contributed by atoms with van der Waals surface area (Å²) in [6, 6.07) is 8.43. The molecule has 86 valence electrons. The lowest BCUT2D eigenvalue weighted by Crippen LogP contribution is -2.27. The molecule has 0 aromatic heterocycles. The number of carbonyl (C=O) groups excluding carboxylic acids is 1. The Balaban J connectivity index is 2.75. The Bertz CT molecular complexity index is 413. The minimum atomic E-state index is -1.67. The molecule has 0 spiro atoms. The summed E-state index contributed by atoms with van der Waals surface area (Å²) in [6.07, 6.45) is 0. The molecule has 0 heterocycles. The van der Waals surface area contributed by atoms with E-state index in [1.165, 1.54) is 6.92 Å². The van der Waals surface area contributed by atoms with Gasteiger partial charge < -0.3 is 5.11 Å². The number of rotatable bonds is 5. The maximum Gasteiger partial charge on any atom is 0.316 e. The third-order valence-electron chi connectivity index (χ3n) is 2.09. The molecule has 2 atom stereocenters. The lowest BCUT2D eigenvalue weighted by molar-refractivity contribution is -0.133. The summed E-state index contributed by atoms with van der Waals surface area (Å²) < 4.78 is 11.5. The predicted octanol–water partition coefficient (Wildman–Crippen LogP) is 1.09. The molecule has 0 bridgehead atoms. The largest absolute Gasteiger partial charge is 0.481 e. The molecule has 1 aromatic carbocycles. The van der Waals surface area contributed by atoms with Gasteiger partial charge in [-0.1, -0.05) is 30.3 Å².